The van der Waals surface area contributed by atoms with Crippen LogP contribution in [0.15, 0.2) is 40.4 Å². The summed E-state index contributed by atoms with van der Waals surface area (Å²) in [6, 6.07) is 7.94. The van der Waals surface area contributed by atoms with Crippen molar-refractivity contribution >= 4 is 45.6 Å². The smallest absolute Gasteiger partial charge is 0.275 e. The summed E-state index contributed by atoms with van der Waals surface area (Å²) in [6.45, 7) is 1.86. The molecule has 1 aromatic carbocycles. The molecule has 0 amide bonds. The number of aromatic amines is 1. The molecule has 0 spiro atoms. The molecule has 1 heterocycles. The van der Waals surface area contributed by atoms with Crippen molar-refractivity contribution in [3.05, 3.63) is 55.0 Å². The summed E-state index contributed by atoms with van der Waals surface area (Å²) in [6.07, 6.45) is 1.41. The molecule has 0 aliphatic rings. The third kappa shape index (κ3) is 3.54. The van der Waals surface area contributed by atoms with Crippen LogP contribution in [0.25, 0.3) is 0 Å². The quantitative estimate of drug-likeness (QED) is 0.482. The van der Waals surface area contributed by atoms with Crippen LogP contribution in [0.3, 0.4) is 0 Å². The molecule has 19 heavy (non-hydrogen) atoms. The fourth-order valence-electron chi connectivity index (χ4n) is 1.36. The van der Waals surface area contributed by atoms with Crippen LogP contribution in [-0.4, -0.2) is 15.9 Å². The Morgan fingerprint density at radius 2 is 2.11 bits per heavy atom. The summed E-state index contributed by atoms with van der Waals surface area (Å²) in [7, 11) is 0. The van der Waals surface area contributed by atoms with E-state index in [0.717, 1.165) is 14.8 Å². The van der Waals surface area contributed by atoms with Crippen molar-refractivity contribution in [2.45, 2.75) is 6.92 Å². The number of rotatable bonds is 3. The molecule has 5 nitrogen and oxygen atoms in total. The number of aromatic nitrogens is 2. The van der Waals surface area contributed by atoms with Crippen LogP contribution < -0.4 is 11.0 Å². The number of nitrogens with one attached hydrogen (secondary N) is 2. The molecule has 0 saturated heterocycles. The van der Waals surface area contributed by atoms with Crippen molar-refractivity contribution in [2.24, 2.45) is 5.10 Å². The Morgan fingerprint density at radius 3 is 2.79 bits per heavy atom. The zero-order valence-electron chi connectivity index (χ0n) is 9.95. The van der Waals surface area contributed by atoms with E-state index in [-0.39, 0.29) is 5.02 Å². The highest BCUT2D eigenvalue weighted by atomic mass is 127. The van der Waals surface area contributed by atoms with Gasteiger partial charge in [0.25, 0.3) is 5.56 Å². The highest BCUT2D eigenvalue weighted by molar-refractivity contribution is 14.1. The number of hydrazone groups is 1. The minimum atomic E-state index is -0.450. The van der Waals surface area contributed by atoms with Gasteiger partial charge >= 0.3 is 0 Å². The minimum absolute atomic E-state index is 0.0363. The van der Waals surface area contributed by atoms with E-state index in [1.807, 2.05) is 31.2 Å². The lowest BCUT2D eigenvalue weighted by Crippen LogP contribution is -2.10. The van der Waals surface area contributed by atoms with E-state index >= 15 is 0 Å². The number of anilines is 1. The molecule has 0 saturated carbocycles. The van der Waals surface area contributed by atoms with Gasteiger partial charge in [0.15, 0.2) is 0 Å². The minimum Gasteiger partial charge on any atom is -0.275 e. The Labute approximate surface area is 128 Å². The Kier molecular flexibility index (Phi) is 4.54. The van der Waals surface area contributed by atoms with E-state index < -0.39 is 5.56 Å². The van der Waals surface area contributed by atoms with Crippen LogP contribution in [-0.2, 0) is 0 Å². The lowest BCUT2D eigenvalue weighted by atomic mass is 10.1. The third-order valence-electron chi connectivity index (χ3n) is 2.40. The summed E-state index contributed by atoms with van der Waals surface area (Å²) in [5.74, 6) is 0. The second-order valence-electron chi connectivity index (χ2n) is 3.74. The number of nitrogens with zero attached hydrogens (tertiary/aromatic N) is 2. The van der Waals surface area contributed by atoms with Crippen molar-refractivity contribution in [1.82, 2.24) is 10.2 Å². The number of hydrogen-bond donors (Lipinski definition) is 2. The molecule has 0 radical (unpaired) electrons. The summed E-state index contributed by atoms with van der Waals surface area (Å²) in [4.78, 5) is 11.3. The third-order valence-corrected chi connectivity index (χ3v) is 3.50. The molecular weight excluding hydrogens is 379 g/mol. The van der Waals surface area contributed by atoms with Gasteiger partial charge in [-0.2, -0.15) is 10.2 Å². The molecule has 2 rings (SSSR count). The average molecular weight is 389 g/mol. The summed E-state index contributed by atoms with van der Waals surface area (Å²) >= 11 is 8.07. The molecule has 0 fully saturated rings. The molecule has 98 valence electrons. The molecule has 7 heteroatoms. The van der Waals surface area contributed by atoms with Gasteiger partial charge in [-0.25, -0.2) is 5.10 Å². The highest BCUT2D eigenvalue weighted by Gasteiger charge is 2.04. The zero-order chi connectivity index (χ0) is 13.8. The van der Waals surface area contributed by atoms with Crippen molar-refractivity contribution in [1.29, 1.82) is 0 Å². The maximum absolute atomic E-state index is 11.3. The van der Waals surface area contributed by atoms with Gasteiger partial charge in [0.05, 0.1) is 11.9 Å². The predicted octanol–water partition coefficient (Wildman–Crippen LogP) is 2.86. The number of hydrogen-bond acceptors (Lipinski definition) is 4. The molecule has 0 aliphatic carbocycles. The molecular formula is C12H10ClIN4O. The van der Waals surface area contributed by atoms with Crippen LogP contribution >= 0.6 is 34.2 Å². The van der Waals surface area contributed by atoms with Crippen LogP contribution in [0.5, 0.6) is 0 Å². The van der Waals surface area contributed by atoms with Crippen molar-refractivity contribution < 1.29 is 0 Å². The lowest BCUT2D eigenvalue weighted by molar-refractivity contribution is 0.986. The molecule has 0 aliphatic heterocycles. The first-order valence-corrected chi connectivity index (χ1v) is 6.83. The second kappa shape index (κ2) is 6.16. The van der Waals surface area contributed by atoms with Crippen molar-refractivity contribution in [2.75, 3.05) is 5.43 Å². The molecule has 1 aromatic heterocycles. The van der Waals surface area contributed by atoms with Crippen LogP contribution in [0.4, 0.5) is 5.69 Å². The van der Waals surface area contributed by atoms with E-state index in [1.54, 1.807) is 0 Å². The number of benzene rings is 1. The predicted molar refractivity (Wildman–Crippen MR) is 84.9 cm³/mol. The van der Waals surface area contributed by atoms with Gasteiger partial charge in [0, 0.05) is 3.57 Å². The molecule has 0 unspecified atom stereocenters. The standard InChI is InChI=1S/C12H10ClIN4O/c1-7(8-2-4-9(14)5-3-8)16-17-10-6-15-18-12(19)11(10)13/h2-6H,1H3,(H2,17,18,19)/b16-7-. The Hall–Kier alpha value is -1.41. The summed E-state index contributed by atoms with van der Waals surface area (Å²) in [5.41, 5.74) is 4.43. The van der Waals surface area contributed by atoms with Gasteiger partial charge in [-0.3, -0.25) is 10.2 Å². The number of halogens is 2. The normalized spacial score (nSPS) is 11.4. The monoisotopic (exact) mass is 388 g/mol. The maximum atomic E-state index is 11.3. The van der Waals surface area contributed by atoms with Gasteiger partial charge in [-0.05, 0) is 47.2 Å². The second-order valence-corrected chi connectivity index (χ2v) is 5.37. The van der Waals surface area contributed by atoms with Gasteiger partial charge in [-0.15, -0.1) is 0 Å². The van der Waals surface area contributed by atoms with E-state index in [4.69, 9.17) is 11.6 Å². The zero-order valence-corrected chi connectivity index (χ0v) is 12.9. The Bertz CT molecular complexity index is 666. The summed E-state index contributed by atoms with van der Waals surface area (Å²) < 4.78 is 1.16. The molecule has 0 atom stereocenters. The first kappa shape index (κ1) is 14.0. The average Bonchev–Trinajstić information content (AvgIpc) is 2.41. The Morgan fingerprint density at radius 1 is 1.42 bits per heavy atom. The van der Waals surface area contributed by atoms with Crippen LogP contribution in [0.1, 0.15) is 12.5 Å². The van der Waals surface area contributed by atoms with Gasteiger partial charge in [0.2, 0.25) is 0 Å². The van der Waals surface area contributed by atoms with Crippen LogP contribution in [0, 0.1) is 3.57 Å². The van der Waals surface area contributed by atoms with Gasteiger partial charge in [0.1, 0.15) is 10.7 Å². The topological polar surface area (TPSA) is 70.1 Å². The van der Waals surface area contributed by atoms with Crippen LogP contribution in [0.2, 0.25) is 5.02 Å². The molecule has 2 N–H and O–H groups in total. The Balaban J connectivity index is 2.20. The lowest BCUT2D eigenvalue weighted by Gasteiger charge is -2.04. The summed E-state index contributed by atoms with van der Waals surface area (Å²) in [5, 5.41) is 10.1. The highest BCUT2D eigenvalue weighted by Crippen LogP contribution is 2.15. The fourth-order valence-corrected chi connectivity index (χ4v) is 1.85. The molecule has 0 bridgehead atoms. The first-order chi connectivity index (χ1) is 9.08. The van der Waals surface area contributed by atoms with Gasteiger partial charge in [-0.1, -0.05) is 23.7 Å². The number of H-pyrrole nitrogens is 1. The van der Waals surface area contributed by atoms with Gasteiger partial charge < -0.3 is 0 Å². The van der Waals surface area contributed by atoms with E-state index in [0.29, 0.717) is 5.69 Å². The SMILES string of the molecule is C/C(=N/Nc1cn[nH]c(=O)c1Cl)c1ccc(I)cc1. The van der Waals surface area contributed by atoms with Crippen molar-refractivity contribution in [3.63, 3.8) is 0 Å². The largest absolute Gasteiger partial charge is 0.285 e. The van der Waals surface area contributed by atoms with E-state index in [2.05, 4.69) is 43.3 Å². The van der Waals surface area contributed by atoms with E-state index in [9.17, 15) is 4.79 Å². The molecule has 2 aromatic rings. The first-order valence-electron chi connectivity index (χ1n) is 5.37. The van der Waals surface area contributed by atoms with E-state index in [1.165, 1.54) is 6.20 Å². The maximum Gasteiger partial charge on any atom is 0.285 e. The van der Waals surface area contributed by atoms with Crippen molar-refractivity contribution in [3.8, 4) is 0 Å². The fraction of sp³-hybridized carbons (Fsp3) is 0.0833.